The lowest BCUT2D eigenvalue weighted by molar-refractivity contribution is 0.0715. The quantitative estimate of drug-likeness (QED) is 0.777. The first-order chi connectivity index (χ1) is 12.7. The molecule has 27 heavy (non-hydrogen) atoms. The van der Waals surface area contributed by atoms with Gasteiger partial charge in [0.25, 0.3) is 5.91 Å². The van der Waals surface area contributed by atoms with E-state index >= 15 is 0 Å². The van der Waals surface area contributed by atoms with E-state index in [2.05, 4.69) is 12.1 Å². The Hall–Kier alpha value is -1.89. The Kier molecular flexibility index (Phi) is 5.60. The summed E-state index contributed by atoms with van der Waals surface area (Å²) in [4.78, 5) is 14.9. The van der Waals surface area contributed by atoms with E-state index in [0.29, 0.717) is 0 Å². The maximum absolute atomic E-state index is 13.2. The molecule has 7 heteroatoms. The third-order valence-electron chi connectivity index (χ3n) is 5.07. The molecule has 0 aliphatic heterocycles. The van der Waals surface area contributed by atoms with Gasteiger partial charge < -0.3 is 4.90 Å². The van der Waals surface area contributed by atoms with Gasteiger partial charge >= 0.3 is 0 Å². The van der Waals surface area contributed by atoms with E-state index < -0.39 is 10.0 Å². The monoisotopic (exact) mass is 406 g/mol. The highest BCUT2D eigenvalue weighted by Crippen LogP contribution is 2.35. The molecule has 2 aromatic rings. The highest BCUT2D eigenvalue weighted by molar-refractivity contribution is 7.89. The van der Waals surface area contributed by atoms with Crippen LogP contribution in [-0.4, -0.2) is 44.7 Å². The third kappa shape index (κ3) is 3.74. The standard InChI is InChI=1S/C20H23ClN2O3S/c1-22(2)27(25,26)15-11-12-18(21)17(13-15)20(24)23(3)19-10-6-8-14-7-4-5-9-16(14)19/h4-5,7,9,11-13,19H,6,8,10H2,1-3H3/t19-/m0/s1. The Morgan fingerprint density at radius 3 is 2.52 bits per heavy atom. The summed E-state index contributed by atoms with van der Waals surface area (Å²) in [6.07, 6.45) is 2.88. The first-order valence-corrected chi connectivity index (χ1v) is 10.6. The normalized spacial score (nSPS) is 16.9. The lowest BCUT2D eigenvalue weighted by Crippen LogP contribution is -2.33. The van der Waals surface area contributed by atoms with Gasteiger partial charge in [-0.05, 0) is 48.6 Å². The molecule has 144 valence electrons. The smallest absolute Gasteiger partial charge is 0.255 e. The minimum absolute atomic E-state index is 0.0485. The van der Waals surface area contributed by atoms with E-state index in [1.54, 1.807) is 11.9 Å². The number of nitrogens with zero attached hydrogens (tertiary/aromatic N) is 2. The van der Waals surface area contributed by atoms with Crippen LogP contribution in [0.2, 0.25) is 5.02 Å². The third-order valence-corrected chi connectivity index (χ3v) is 7.21. The van der Waals surface area contributed by atoms with Crippen molar-refractivity contribution >= 4 is 27.5 Å². The van der Waals surface area contributed by atoms with E-state index in [4.69, 9.17) is 11.6 Å². The van der Waals surface area contributed by atoms with Crippen LogP contribution < -0.4 is 0 Å². The van der Waals surface area contributed by atoms with Crippen LogP contribution in [-0.2, 0) is 16.4 Å². The van der Waals surface area contributed by atoms with Crippen molar-refractivity contribution in [3.63, 3.8) is 0 Å². The Morgan fingerprint density at radius 2 is 1.81 bits per heavy atom. The lowest BCUT2D eigenvalue weighted by Gasteiger charge is -2.33. The van der Waals surface area contributed by atoms with E-state index in [-0.39, 0.29) is 27.4 Å². The summed E-state index contributed by atoms with van der Waals surface area (Å²) in [5, 5.41) is 0.244. The van der Waals surface area contributed by atoms with E-state index in [1.807, 2.05) is 12.1 Å². The predicted octanol–water partition coefficient (Wildman–Crippen LogP) is 3.74. The first kappa shape index (κ1) is 19.9. The van der Waals surface area contributed by atoms with Gasteiger partial charge in [-0.1, -0.05) is 35.9 Å². The van der Waals surface area contributed by atoms with E-state index in [1.165, 1.54) is 37.9 Å². The van der Waals surface area contributed by atoms with Crippen LogP contribution in [0.3, 0.4) is 0 Å². The number of fused-ring (bicyclic) bond motifs is 1. The van der Waals surface area contributed by atoms with Crippen molar-refractivity contribution < 1.29 is 13.2 Å². The van der Waals surface area contributed by atoms with Crippen molar-refractivity contribution in [2.75, 3.05) is 21.1 Å². The van der Waals surface area contributed by atoms with Gasteiger partial charge in [0, 0.05) is 21.1 Å². The zero-order valence-electron chi connectivity index (χ0n) is 15.6. The molecule has 1 aliphatic rings. The Bertz CT molecular complexity index is 973. The molecule has 0 heterocycles. The van der Waals surface area contributed by atoms with Crippen molar-refractivity contribution in [1.29, 1.82) is 0 Å². The predicted molar refractivity (Wildman–Crippen MR) is 107 cm³/mol. The van der Waals surface area contributed by atoms with E-state index in [9.17, 15) is 13.2 Å². The highest BCUT2D eigenvalue weighted by atomic mass is 35.5. The second-order valence-electron chi connectivity index (χ2n) is 6.95. The molecule has 0 bridgehead atoms. The average Bonchev–Trinajstić information content (AvgIpc) is 2.66. The maximum Gasteiger partial charge on any atom is 0.255 e. The zero-order valence-corrected chi connectivity index (χ0v) is 17.2. The average molecular weight is 407 g/mol. The maximum atomic E-state index is 13.2. The number of aryl methyl sites for hydroxylation is 1. The summed E-state index contributed by atoms with van der Waals surface area (Å²) >= 11 is 6.25. The van der Waals surface area contributed by atoms with Gasteiger partial charge in [-0.2, -0.15) is 0 Å². The largest absolute Gasteiger partial charge is 0.335 e. The van der Waals surface area contributed by atoms with Gasteiger partial charge in [-0.3, -0.25) is 4.79 Å². The number of hydrogen-bond donors (Lipinski definition) is 0. The fourth-order valence-electron chi connectivity index (χ4n) is 3.50. The van der Waals surface area contributed by atoms with Crippen LogP contribution in [0.15, 0.2) is 47.4 Å². The molecule has 2 aromatic carbocycles. The van der Waals surface area contributed by atoms with Gasteiger partial charge in [0.2, 0.25) is 10.0 Å². The van der Waals surface area contributed by atoms with Crippen LogP contribution in [0.1, 0.15) is 40.4 Å². The van der Waals surface area contributed by atoms with Crippen molar-refractivity contribution in [3.8, 4) is 0 Å². The lowest BCUT2D eigenvalue weighted by atomic mass is 9.87. The van der Waals surface area contributed by atoms with Crippen molar-refractivity contribution in [3.05, 3.63) is 64.2 Å². The summed E-state index contributed by atoms with van der Waals surface area (Å²) in [6.45, 7) is 0. The molecule has 0 aromatic heterocycles. The molecular weight excluding hydrogens is 384 g/mol. The summed E-state index contributed by atoms with van der Waals surface area (Å²) < 4.78 is 25.9. The van der Waals surface area contributed by atoms with Gasteiger partial charge in [0.05, 0.1) is 21.5 Å². The molecule has 0 N–H and O–H groups in total. The number of carbonyl (C=O) groups is 1. The molecule has 0 radical (unpaired) electrons. The molecule has 1 amide bonds. The van der Waals surface area contributed by atoms with Crippen LogP contribution in [0.4, 0.5) is 0 Å². The minimum Gasteiger partial charge on any atom is -0.335 e. The fraction of sp³-hybridized carbons (Fsp3) is 0.350. The second kappa shape index (κ2) is 7.62. The Morgan fingerprint density at radius 1 is 1.11 bits per heavy atom. The van der Waals surface area contributed by atoms with E-state index in [0.717, 1.165) is 29.1 Å². The molecule has 0 fully saturated rings. The van der Waals surface area contributed by atoms with Gasteiger partial charge in [0.1, 0.15) is 0 Å². The van der Waals surface area contributed by atoms with Gasteiger partial charge in [-0.15, -0.1) is 0 Å². The van der Waals surface area contributed by atoms with Gasteiger partial charge in [-0.25, -0.2) is 12.7 Å². The number of hydrogen-bond acceptors (Lipinski definition) is 3. The molecule has 0 spiro atoms. The van der Waals surface area contributed by atoms with Crippen molar-refractivity contribution in [2.24, 2.45) is 0 Å². The molecule has 0 unspecified atom stereocenters. The van der Waals surface area contributed by atoms with Gasteiger partial charge in [0.15, 0.2) is 0 Å². The Balaban J connectivity index is 1.97. The van der Waals surface area contributed by atoms with Crippen molar-refractivity contribution in [1.82, 2.24) is 9.21 Å². The number of amides is 1. The SMILES string of the molecule is CN(C(=O)c1cc(S(=O)(=O)N(C)C)ccc1Cl)[C@H]1CCCc2ccccc21. The first-order valence-electron chi connectivity index (χ1n) is 8.80. The van der Waals surface area contributed by atoms with Crippen LogP contribution in [0.25, 0.3) is 0 Å². The summed E-state index contributed by atoms with van der Waals surface area (Å²) in [5.74, 6) is -0.280. The number of carbonyl (C=O) groups excluding carboxylic acids is 1. The van der Waals surface area contributed by atoms with Crippen LogP contribution in [0, 0.1) is 0 Å². The molecule has 3 rings (SSSR count). The molecular formula is C20H23ClN2O3S. The zero-order chi connectivity index (χ0) is 19.8. The topological polar surface area (TPSA) is 57.7 Å². The Labute approximate surface area is 165 Å². The summed E-state index contributed by atoms with van der Waals surface area (Å²) in [5.41, 5.74) is 2.60. The fourth-order valence-corrected chi connectivity index (χ4v) is 4.63. The number of benzene rings is 2. The highest BCUT2D eigenvalue weighted by Gasteiger charge is 2.29. The molecule has 0 saturated carbocycles. The summed E-state index contributed by atoms with van der Waals surface area (Å²) in [7, 11) is 1.01. The van der Waals surface area contributed by atoms with Crippen molar-refractivity contribution in [2.45, 2.75) is 30.2 Å². The number of halogens is 1. The molecule has 1 aliphatic carbocycles. The minimum atomic E-state index is -3.64. The number of rotatable bonds is 4. The molecule has 5 nitrogen and oxygen atoms in total. The number of sulfonamides is 1. The molecule has 1 atom stereocenters. The van der Waals surface area contributed by atoms with Crippen LogP contribution >= 0.6 is 11.6 Å². The summed E-state index contributed by atoms with van der Waals surface area (Å²) in [6, 6.07) is 12.3. The second-order valence-corrected chi connectivity index (χ2v) is 9.51. The molecule has 0 saturated heterocycles. The van der Waals surface area contributed by atoms with Crippen LogP contribution in [0.5, 0.6) is 0 Å².